The smallest absolute Gasteiger partial charge is 0.413 e. The third-order valence-corrected chi connectivity index (χ3v) is 5.16. The summed E-state index contributed by atoms with van der Waals surface area (Å²) in [5.74, 6) is 0.573. The number of carbonyl (C=O) groups excluding carboxylic acids is 3. The van der Waals surface area contributed by atoms with Gasteiger partial charge in [-0.25, -0.2) is 14.8 Å². The monoisotopic (exact) mass is 476 g/mol. The zero-order chi connectivity index (χ0) is 24.3. The number of carbonyl (C=O) groups is 3. The maximum Gasteiger partial charge on any atom is 0.413 e. The van der Waals surface area contributed by atoms with Crippen LogP contribution in [0.15, 0.2) is 23.2 Å². The number of morpholine rings is 1. The molecule has 1 saturated heterocycles. The average Bonchev–Trinajstić information content (AvgIpc) is 2.83. The van der Waals surface area contributed by atoms with Gasteiger partial charge >= 0.3 is 6.09 Å². The molecule has 0 saturated carbocycles. The topological polar surface area (TPSA) is 134 Å². The summed E-state index contributed by atoms with van der Waals surface area (Å²) in [6, 6.07) is 5.47. The fourth-order valence-electron chi connectivity index (χ4n) is 3.42. The Labute approximate surface area is 198 Å². The number of fused-ring (bicyclic) bond motifs is 1. The lowest BCUT2D eigenvalue weighted by Gasteiger charge is -2.29. The number of nitrogens with one attached hydrogen (secondary N) is 3. The van der Waals surface area contributed by atoms with Gasteiger partial charge in [-0.3, -0.25) is 20.3 Å². The van der Waals surface area contributed by atoms with Gasteiger partial charge in [0.05, 0.1) is 32.1 Å². The van der Waals surface area contributed by atoms with Crippen LogP contribution in [0.5, 0.6) is 5.75 Å². The first-order valence-electron chi connectivity index (χ1n) is 11.3. The first kappa shape index (κ1) is 25.2. The molecule has 2 heterocycles. The molecule has 34 heavy (non-hydrogen) atoms. The van der Waals surface area contributed by atoms with Gasteiger partial charge in [-0.15, -0.1) is 0 Å². The fraction of sp³-hybridized carbons (Fsp3) is 0.545. The molecule has 0 radical (unpaired) electrons. The third kappa shape index (κ3) is 7.59. The van der Waals surface area contributed by atoms with Gasteiger partial charge in [0.25, 0.3) is 0 Å². The molecule has 3 amide bonds. The number of hydrazine groups is 1. The van der Waals surface area contributed by atoms with Gasteiger partial charge in [0.1, 0.15) is 12.3 Å². The Morgan fingerprint density at radius 1 is 1.18 bits per heavy atom. The molecule has 0 unspecified atom stereocenters. The first-order chi connectivity index (χ1) is 16.5. The number of ether oxygens (including phenoxy) is 3. The van der Waals surface area contributed by atoms with E-state index in [2.05, 4.69) is 21.1 Å². The lowest BCUT2D eigenvalue weighted by molar-refractivity contribution is -0.128. The number of rotatable bonds is 9. The SMILES string of the molecule is CCOC(=O)NC1=Nc2cc(OCCCC(=O)NN3CCOCC3)ccc2CN1CC(=O)NC. The highest BCUT2D eigenvalue weighted by Gasteiger charge is 2.24. The molecule has 0 aromatic heterocycles. The van der Waals surface area contributed by atoms with Crippen LogP contribution in [0, 0.1) is 0 Å². The van der Waals surface area contributed by atoms with E-state index in [1.165, 1.54) is 0 Å². The number of benzene rings is 1. The van der Waals surface area contributed by atoms with Crippen molar-refractivity contribution in [3.8, 4) is 5.75 Å². The first-order valence-corrected chi connectivity index (χ1v) is 11.3. The summed E-state index contributed by atoms with van der Waals surface area (Å²) in [6.45, 7) is 5.31. The molecular formula is C22H32N6O6. The standard InChI is InChI=1S/C22H32N6O6/c1-3-33-22(31)25-21-24-18-13-17(7-6-16(18)14-27(21)15-20(30)23-2)34-10-4-5-19(29)26-28-8-11-32-12-9-28/h6-7,13H,3-5,8-12,14-15H2,1-2H3,(H,23,30)(H,26,29)(H,24,25,31). The zero-order valence-corrected chi connectivity index (χ0v) is 19.6. The van der Waals surface area contributed by atoms with E-state index >= 15 is 0 Å². The fourth-order valence-corrected chi connectivity index (χ4v) is 3.42. The maximum absolute atomic E-state index is 12.1. The van der Waals surface area contributed by atoms with Crippen molar-refractivity contribution in [3.63, 3.8) is 0 Å². The Morgan fingerprint density at radius 3 is 2.71 bits per heavy atom. The number of aliphatic imine (C=N–C) groups is 1. The summed E-state index contributed by atoms with van der Waals surface area (Å²) in [5.41, 5.74) is 4.38. The van der Waals surface area contributed by atoms with E-state index in [4.69, 9.17) is 14.2 Å². The Kier molecular flexibility index (Phi) is 9.47. The highest BCUT2D eigenvalue weighted by Crippen LogP contribution is 2.30. The molecule has 12 heteroatoms. The Morgan fingerprint density at radius 2 is 1.97 bits per heavy atom. The number of amides is 3. The van der Waals surface area contributed by atoms with Crippen molar-refractivity contribution in [2.75, 3.05) is 53.1 Å². The molecule has 0 atom stereocenters. The zero-order valence-electron chi connectivity index (χ0n) is 19.6. The molecule has 0 bridgehead atoms. The number of likely N-dealkylation sites (N-methyl/N-ethyl adjacent to an activating group) is 1. The second-order valence-electron chi connectivity index (χ2n) is 7.69. The second-order valence-corrected chi connectivity index (χ2v) is 7.69. The minimum Gasteiger partial charge on any atom is -0.494 e. The van der Waals surface area contributed by atoms with Crippen LogP contribution in [0.4, 0.5) is 10.5 Å². The van der Waals surface area contributed by atoms with E-state index < -0.39 is 6.09 Å². The van der Waals surface area contributed by atoms with Gasteiger partial charge in [-0.2, -0.15) is 0 Å². The van der Waals surface area contributed by atoms with Crippen LogP contribution in [-0.2, 0) is 25.6 Å². The number of nitrogens with zero attached hydrogens (tertiary/aromatic N) is 3. The summed E-state index contributed by atoms with van der Waals surface area (Å²) >= 11 is 0. The van der Waals surface area contributed by atoms with Gasteiger partial charge in [0, 0.05) is 39.2 Å². The molecule has 1 fully saturated rings. The molecular weight excluding hydrogens is 444 g/mol. The van der Waals surface area contributed by atoms with Crippen LogP contribution in [0.1, 0.15) is 25.3 Å². The van der Waals surface area contributed by atoms with Gasteiger partial charge in [0.2, 0.25) is 17.8 Å². The Bertz CT molecular complexity index is 902. The number of hydrogen-bond acceptors (Lipinski definition) is 9. The van der Waals surface area contributed by atoms with Crippen molar-refractivity contribution in [3.05, 3.63) is 23.8 Å². The molecule has 3 N–H and O–H groups in total. The highest BCUT2D eigenvalue weighted by molar-refractivity contribution is 5.98. The molecule has 1 aromatic carbocycles. The normalized spacial score (nSPS) is 15.6. The van der Waals surface area contributed by atoms with Gasteiger partial charge in [-0.1, -0.05) is 6.07 Å². The minimum atomic E-state index is -0.644. The Balaban J connectivity index is 1.56. The summed E-state index contributed by atoms with van der Waals surface area (Å²) < 4.78 is 16.0. The summed E-state index contributed by atoms with van der Waals surface area (Å²) in [4.78, 5) is 42.1. The van der Waals surface area contributed by atoms with Crippen LogP contribution in [0.25, 0.3) is 0 Å². The maximum atomic E-state index is 12.1. The second kappa shape index (κ2) is 12.8. The Hall–Kier alpha value is -3.38. The predicted molar refractivity (Wildman–Crippen MR) is 123 cm³/mol. The lowest BCUT2D eigenvalue weighted by atomic mass is 10.1. The molecule has 2 aliphatic rings. The van der Waals surface area contributed by atoms with Crippen LogP contribution in [-0.4, -0.2) is 86.9 Å². The largest absolute Gasteiger partial charge is 0.494 e. The van der Waals surface area contributed by atoms with E-state index in [-0.39, 0.29) is 30.9 Å². The van der Waals surface area contributed by atoms with Gasteiger partial charge in [0.15, 0.2) is 0 Å². The van der Waals surface area contributed by atoms with Crippen molar-refractivity contribution in [1.82, 2.24) is 26.0 Å². The van der Waals surface area contributed by atoms with Crippen molar-refractivity contribution in [1.29, 1.82) is 0 Å². The van der Waals surface area contributed by atoms with E-state index in [1.54, 1.807) is 24.9 Å². The van der Waals surface area contributed by atoms with Crippen molar-refractivity contribution >= 4 is 29.6 Å². The number of alkyl carbamates (subject to hydrolysis) is 1. The number of guanidine groups is 1. The summed E-state index contributed by atoms with van der Waals surface area (Å²) in [6.07, 6.45) is 0.267. The van der Waals surface area contributed by atoms with Gasteiger partial charge in [-0.05, 0) is 25.0 Å². The third-order valence-electron chi connectivity index (χ3n) is 5.16. The van der Waals surface area contributed by atoms with Crippen LogP contribution in [0.3, 0.4) is 0 Å². The molecule has 1 aromatic rings. The van der Waals surface area contributed by atoms with Crippen molar-refractivity contribution in [2.24, 2.45) is 4.99 Å². The molecule has 2 aliphatic heterocycles. The highest BCUT2D eigenvalue weighted by atomic mass is 16.5. The molecule has 0 spiro atoms. The van der Waals surface area contributed by atoms with Gasteiger partial charge < -0.3 is 24.4 Å². The quantitative estimate of drug-likeness (QED) is 0.439. The summed E-state index contributed by atoms with van der Waals surface area (Å²) in [7, 11) is 1.55. The van der Waals surface area contributed by atoms with Crippen molar-refractivity contribution in [2.45, 2.75) is 26.3 Å². The molecule has 0 aliphatic carbocycles. The summed E-state index contributed by atoms with van der Waals surface area (Å²) in [5, 5.41) is 7.03. The van der Waals surface area contributed by atoms with Crippen molar-refractivity contribution < 1.29 is 28.6 Å². The van der Waals surface area contributed by atoms with E-state index in [0.29, 0.717) is 63.7 Å². The van der Waals surface area contributed by atoms with Crippen LogP contribution in [0.2, 0.25) is 0 Å². The van der Waals surface area contributed by atoms with E-state index in [0.717, 1.165) is 5.56 Å². The molecule has 3 rings (SSSR count). The van der Waals surface area contributed by atoms with E-state index in [1.807, 2.05) is 17.1 Å². The predicted octanol–water partition coefficient (Wildman–Crippen LogP) is 0.504. The van der Waals surface area contributed by atoms with Crippen LogP contribution < -0.4 is 20.8 Å². The minimum absolute atomic E-state index is 0.0337. The van der Waals surface area contributed by atoms with Crippen LogP contribution >= 0.6 is 0 Å². The molecule has 186 valence electrons. The lowest BCUT2D eigenvalue weighted by Crippen LogP contribution is -2.48. The molecule has 12 nitrogen and oxygen atoms in total. The number of hydrogen-bond donors (Lipinski definition) is 3. The van der Waals surface area contributed by atoms with E-state index in [9.17, 15) is 14.4 Å². The average molecular weight is 477 g/mol.